The second-order valence-electron chi connectivity index (χ2n) is 25.1. The Morgan fingerprint density at radius 3 is 2.42 bits per heavy atom. The van der Waals surface area contributed by atoms with Gasteiger partial charge in [-0.25, -0.2) is 33.1 Å². The molecule has 3 fully saturated rings. The van der Waals surface area contributed by atoms with E-state index in [-0.39, 0.29) is 45.5 Å². The maximum absolute atomic E-state index is 13.9. The zero-order chi connectivity index (χ0) is 66.9. The van der Waals surface area contributed by atoms with Crippen molar-refractivity contribution >= 4 is 89.8 Å². The van der Waals surface area contributed by atoms with E-state index in [9.17, 15) is 28.1 Å². The van der Waals surface area contributed by atoms with Crippen LogP contribution in [0.15, 0.2) is 125 Å². The van der Waals surface area contributed by atoms with Gasteiger partial charge in [0.2, 0.25) is 11.6 Å². The fourth-order valence-electron chi connectivity index (χ4n) is 12.6. The predicted molar refractivity (Wildman–Crippen MR) is 366 cm³/mol. The lowest BCUT2D eigenvalue weighted by Gasteiger charge is -2.39. The number of pyridine rings is 1. The van der Waals surface area contributed by atoms with Crippen molar-refractivity contribution in [1.29, 1.82) is 0 Å². The summed E-state index contributed by atoms with van der Waals surface area (Å²) in [5.41, 5.74) is 12.1. The van der Waals surface area contributed by atoms with Crippen LogP contribution in [0.25, 0.3) is 27.5 Å². The normalized spacial score (nSPS) is 17.1. The number of hydrogen-bond acceptors (Lipinski definition) is 21. The topological polar surface area (TPSA) is 314 Å². The minimum atomic E-state index is -4.55. The number of rotatable bonds is 20. The number of fused-ring (bicyclic) bond motifs is 4. The van der Waals surface area contributed by atoms with Gasteiger partial charge in [0, 0.05) is 137 Å². The molecule has 1 aliphatic carbocycles. The SMILES string of the molecule is CC1(C)CCC(CN2CCN(c3ccc(C(=O)NS(=O)(=O)c4ccc(NCC5CCOCC5)c([N+](=O)[O-])c4)c(Oc4cnc5[nH]ccc5c4)c3)CC2)=C(c2ccc(Cl)cc2)C1.COc1c(OCCCN2CCOCC2)ccc2c3n(c(=NC(=O)c4cnc(N)nc4)nc12)CCN3. The fraction of sp³-hybridized carbons (Fsp3) is 0.397. The summed E-state index contributed by atoms with van der Waals surface area (Å²) in [6.07, 6.45) is 11.7. The Bertz CT molecular complexity index is 4380. The number of amides is 2. The number of nitro benzene ring substituents is 1. The van der Waals surface area contributed by atoms with Crippen molar-refractivity contribution in [3.63, 3.8) is 0 Å². The van der Waals surface area contributed by atoms with Gasteiger partial charge in [0.05, 0.1) is 54.1 Å². The van der Waals surface area contributed by atoms with E-state index in [1.165, 1.54) is 47.4 Å². The fourth-order valence-corrected chi connectivity index (χ4v) is 13.8. The number of aromatic amines is 1. The molecule has 8 aromatic rings. The zero-order valence-electron chi connectivity index (χ0n) is 53.9. The van der Waals surface area contributed by atoms with Gasteiger partial charge in [-0.05, 0) is 122 Å². The lowest BCUT2D eigenvalue weighted by atomic mass is 9.72. The van der Waals surface area contributed by atoms with Gasteiger partial charge in [-0.15, -0.1) is 0 Å². The number of benzene rings is 4. The highest BCUT2D eigenvalue weighted by Gasteiger charge is 2.32. The molecule has 28 heteroatoms. The van der Waals surface area contributed by atoms with Gasteiger partial charge in [0.25, 0.3) is 27.5 Å². The molecule has 0 bridgehead atoms. The van der Waals surface area contributed by atoms with Crippen molar-refractivity contribution in [2.75, 3.05) is 127 Å². The van der Waals surface area contributed by atoms with Gasteiger partial charge in [-0.1, -0.05) is 43.2 Å². The Kier molecular flexibility index (Phi) is 20.7. The molecule has 3 saturated heterocycles. The number of sulfonamides is 1. The molecule has 2 amide bonds. The van der Waals surface area contributed by atoms with Crippen molar-refractivity contribution in [1.82, 2.24) is 44.0 Å². The van der Waals surface area contributed by atoms with Crippen LogP contribution in [0.2, 0.25) is 5.02 Å². The molecule has 5 aliphatic rings. The molecule has 0 spiro atoms. The number of H-pyrrole nitrogens is 1. The molecule has 4 aromatic heterocycles. The van der Waals surface area contributed by atoms with Crippen LogP contribution in [0.3, 0.4) is 0 Å². The minimum Gasteiger partial charge on any atom is -0.491 e. The molecular weight excluding hydrogens is 1270 g/mol. The van der Waals surface area contributed by atoms with E-state index in [0.29, 0.717) is 67.9 Å². The molecule has 0 atom stereocenters. The first-order valence-corrected chi connectivity index (χ1v) is 34.1. The second kappa shape index (κ2) is 29.8. The number of carbonyl (C=O) groups excluding carboxylic acids is 2. The van der Waals surface area contributed by atoms with Crippen LogP contribution in [-0.4, -0.2) is 170 Å². The highest BCUT2D eigenvalue weighted by atomic mass is 35.5. The zero-order valence-corrected chi connectivity index (χ0v) is 55.4. The molecule has 0 radical (unpaired) electrons. The number of hydrogen-bond donors (Lipinski definition) is 5. The smallest absolute Gasteiger partial charge is 0.293 e. The van der Waals surface area contributed by atoms with Gasteiger partial charge < -0.3 is 49.9 Å². The molecule has 0 saturated carbocycles. The van der Waals surface area contributed by atoms with E-state index in [1.807, 2.05) is 34.9 Å². The van der Waals surface area contributed by atoms with Gasteiger partial charge in [-0.2, -0.15) is 4.99 Å². The van der Waals surface area contributed by atoms with E-state index in [4.69, 9.17) is 46.0 Å². The number of morpholine rings is 1. The summed E-state index contributed by atoms with van der Waals surface area (Å²) in [5, 5.41) is 20.9. The first kappa shape index (κ1) is 66.8. The minimum absolute atomic E-state index is 0.0359. The average Bonchev–Trinajstić information content (AvgIpc) is 1.47. The van der Waals surface area contributed by atoms with Gasteiger partial charge in [-0.3, -0.25) is 34.1 Å². The van der Waals surface area contributed by atoms with Crippen molar-refractivity contribution < 1.29 is 46.6 Å². The van der Waals surface area contributed by atoms with Crippen LogP contribution in [0.1, 0.15) is 78.7 Å². The molecule has 4 aliphatic heterocycles. The van der Waals surface area contributed by atoms with Crippen LogP contribution in [0, 0.1) is 21.4 Å². The number of anilines is 4. The van der Waals surface area contributed by atoms with Crippen LogP contribution < -0.4 is 45.8 Å². The lowest BCUT2D eigenvalue weighted by Crippen LogP contribution is -2.47. The number of carbonyl (C=O) groups is 2. The first-order chi connectivity index (χ1) is 46.4. The van der Waals surface area contributed by atoms with Gasteiger partial charge in [0.15, 0.2) is 11.5 Å². The van der Waals surface area contributed by atoms with E-state index in [1.54, 1.807) is 37.6 Å². The summed E-state index contributed by atoms with van der Waals surface area (Å²) in [4.78, 5) is 68.9. The number of nitrogens with one attached hydrogen (secondary N) is 4. The summed E-state index contributed by atoms with van der Waals surface area (Å²) < 4.78 is 60.2. The number of piperazine rings is 1. The Balaban J connectivity index is 0.000000213. The lowest BCUT2D eigenvalue weighted by molar-refractivity contribution is -0.384. The summed E-state index contributed by atoms with van der Waals surface area (Å²) >= 11 is 6.24. The predicted octanol–water partition coefficient (Wildman–Crippen LogP) is 9.34. The number of nitrogens with two attached hydrogens (primary N) is 1. The highest BCUT2D eigenvalue weighted by Crippen LogP contribution is 2.44. The van der Waals surface area contributed by atoms with Gasteiger partial charge in [0.1, 0.15) is 34.2 Å². The molecule has 13 rings (SSSR count). The number of methoxy groups -OCH3 is 1. The molecule has 0 unspecified atom stereocenters. The summed E-state index contributed by atoms with van der Waals surface area (Å²) in [6.45, 7) is 16.7. The van der Waals surface area contributed by atoms with E-state index >= 15 is 0 Å². The summed E-state index contributed by atoms with van der Waals surface area (Å²) in [6, 6.07) is 24.3. The van der Waals surface area contributed by atoms with Crippen molar-refractivity contribution in [3.8, 4) is 23.0 Å². The number of nitrogens with zero attached hydrogens (tertiary/aromatic N) is 10. The highest BCUT2D eigenvalue weighted by molar-refractivity contribution is 7.90. The quantitative estimate of drug-likeness (QED) is 0.0269. The molecule has 96 heavy (non-hydrogen) atoms. The number of allylic oxidation sites excluding steroid dienone is 1. The van der Waals surface area contributed by atoms with Crippen molar-refractivity contribution in [3.05, 3.63) is 153 Å². The number of aromatic nitrogens is 6. The second-order valence-corrected chi connectivity index (χ2v) is 27.2. The van der Waals surface area contributed by atoms with Crippen molar-refractivity contribution in [2.45, 2.75) is 63.8 Å². The number of ether oxygens (including phenoxy) is 5. The molecule has 8 heterocycles. The Morgan fingerprint density at radius 2 is 1.66 bits per heavy atom. The van der Waals surface area contributed by atoms with E-state index in [0.717, 1.165) is 137 Å². The molecule has 26 nitrogen and oxygen atoms in total. The first-order valence-electron chi connectivity index (χ1n) is 32.3. The third-order valence-electron chi connectivity index (χ3n) is 18.0. The van der Waals surface area contributed by atoms with Crippen LogP contribution in [0.5, 0.6) is 23.0 Å². The molecule has 4 aromatic carbocycles. The third-order valence-corrected chi connectivity index (χ3v) is 19.6. The maximum Gasteiger partial charge on any atom is 0.293 e. The number of halogens is 1. The van der Waals surface area contributed by atoms with Crippen molar-refractivity contribution in [2.24, 2.45) is 16.3 Å². The van der Waals surface area contributed by atoms with E-state index < -0.39 is 37.3 Å². The monoisotopic (exact) mass is 1350 g/mol. The standard InChI is InChI=1S/C45H50ClN7O7S.C23H28N8O4/c1-45(2)15-11-33(39(26-45)31-3-5-34(46)6-4-31)29-51-17-19-52(20-18-51)35-7-9-38(42(24-35)60-36-23-32-12-16-47-43(32)49-28-36)44(54)50-61(57,58)37-8-10-40(41(25-37)53(55)56)48-27-30-13-21-59-22-14-30;1-33-19-17(35-10-2-6-30-8-11-34-12-9-30)4-3-16-18(19)28-23(31-7-5-25-20(16)31)29-21(32)15-13-26-22(24)27-14-15/h3-10,12,16,23-25,28,30,48H,11,13-15,17-22,26-27,29H2,1-2H3,(H,47,49)(H,50,54);3-4,13-14,25H,2,5-12H2,1H3,(H2,24,26,27). The van der Waals surface area contributed by atoms with Crippen LogP contribution in [0.4, 0.5) is 28.8 Å². The van der Waals surface area contributed by atoms with Gasteiger partial charge >= 0.3 is 0 Å². The average molecular weight is 1350 g/mol. The Hall–Kier alpha value is -9.25. The molecular formula is C68H78ClN15O11S. The maximum atomic E-state index is 13.9. The van der Waals surface area contributed by atoms with Crippen LogP contribution in [-0.2, 0) is 26.0 Å². The number of nitrogen functional groups attached to an aromatic ring is 1. The molecule has 6 N–H and O–H groups in total. The third kappa shape index (κ3) is 16.0. The summed E-state index contributed by atoms with van der Waals surface area (Å²) in [5.74, 6) is 1.32. The summed E-state index contributed by atoms with van der Waals surface area (Å²) in [7, 11) is -2.97. The van der Waals surface area contributed by atoms with E-state index in [2.05, 4.69) is 81.0 Å². The molecule has 504 valence electrons. The van der Waals surface area contributed by atoms with Crippen LogP contribution >= 0.6 is 11.6 Å². The number of nitro groups is 1. The largest absolute Gasteiger partial charge is 0.491 e. The Morgan fingerprint density at radius 1 is 0.885 bits per heavy atom. The Labute approximate surface area is 560 Å².